The molecule has 0 unspecified atom stereocenters. The summed E-state index contributed by atoms with van der Waals surface area (Å²) in [4.78, 5) is 8.53. The highest BCUT2D eigenvalue weighted by Gasteiger charge is 2.10. The standard InChI is InChI=1S/C12H10ClFN6/c1-15-12-18-10(7-5-16-20-11(7)19-12)17-6-2-3-9(14)8(13)4-6/h2-5H,1H3,(H3,15,16,17,18,19,20). The average molecular weight is 293 g/mol. The topological polar surface area (TPSA) is 78.5 Å². The van der Waals surface area contributed by atoms with Crippen molar-refractivity contribution in [3.63, 3.8) is 0 Å². The van der Waals surface area contributed by atoms with Gasteiger partial charge in [-0.25, -0.2) is 4.39 Å². The zero-order chi connectivity index (χ0) is 14.1. The summed E-state index contributed by atoms with van der Waals surface area (Å²) in [5, 5.41) is 13.4. The number of anilines is 3. The predicted molar refractivity (Wildman–Crippen MR) is 75.9 cm³/mol. The van der Waals surface area contributed by atoms with E-state index in [1.807, 2.05) is 0 Å². The van der Waals surface area contributed by atoms with Gasteiger partial charge in [-0.05, 0) is 18.2 Å². The first-order valence-electron chi connectivity index (χ1n) is 5.78. The molecular formula is C12H10ClFN6. The van der Waals surface area contributed by atoms with Crippen molar-refractivity contribution < 1.29 is 4.39 Å². The van der Waals surface area contributed by atoms with Gasteiger partial charge in [0.25, 0.3) is 0 Å². The molecule has 0 aliphatic carbocycles. The SMILES string of the molecule is CNc1nc(Nc2ccc(F)c(Cl)c2)c2cn[nH]c2n1. The summed E-state index contributed by atoms with van der Waals surface area (Å²) in [6, 6.07) is 4.36. The lowest BCUT2D eigenvalue weighted by molar-refractivity contribution is 0.628. The van der Waals surface area contributed by atoms with Crippen molar-refractivity contribution in [1.29, 1.82) is 0 Å². The Labute approximate surface area is 118 Å². The van der Waals surface area contributed by atoms with E-state index in [2.05, 4.69) is 30.8 Å². The predicted octanol–water partition coefficient (Wildman–Crippen LogP) is 2.93. The first-order valence-corrected chi connectivity index (χ1v) is 6.16. The Morgan fingerprint density at radius 2 is 2.15 bits per heavy atom. The molecule has 0 fully saturated rings. The van der Waals surface area contributed by atoms with Crippen molar-refractivity contribution in [2.75, 3.05) is 17.7 Å². The highest BCUT2D eigenvalue weighted by Crippen LogP contribution is 2.26. The second-order valence-electron chi connectivity index (χ2n) is 4.03. The third-order valence-corrected chi connectivity index (χ3v) is 3.01. The van der Waals surface area contributed by atoms with Gasteiger partial charge >= 0.3 is 0 Å². The van der Waals surface area contributed by atoms with Crippen molar-refractivity contribution in [2.45, 2.75) is 0 Å². The van der Waals surface area contributed by atoms with Gasteiger partial charge in [-0.15, -0.1) is 0 Å². The molecule has 0 aliphatic rings. The van der Waals surface area contributed by atoms with Gasteiger partial charge in [0.05, 0.1) is 16.6 Å². The van der Waals surface area contributed by atoms with Gasteiger partial charge in [0.1, 0.15) is 11.6 Å². The van der Waals surface area contributed by atoms with E-state index < -0.39 is 5.82 Å². The molecule has 8 heteroatoms. The van der Waals surface area contributed by atoms with Gasteiger partial charge in [0, 0.05) is 12.7 Å². The molecule has 0 radical (unpaired) electrons. The molecule has 2 aromatic heterocycles. The van der Waals surface area contributed by atoms with E-state index in [9.17, 15) is 4.39 Å². The Morgan fingerprint density at radius 3 is 2.90 bits per heavy atom. The fourth-order valence-electron chi connectivity index (χ4n) is 1.75. The van der Waals surface area contributed by atoms with Gasteiger partial charge < -0.3 is 10.6 Å². The Hall–Kier alpha value is -2.41. The van der Waals surface area contributed by atoms with E-state index in [1.54, 1.807) is 19.3 Å². The second-order valence-corrected chi connectivity index (χ2v) is 4.44. The monoisotopic (exact) mass is 292 g/mol. The Morgan fingerprint density at radius 1 is 1.30 bits per heavy atom. The van der Waals surface area contributed by atoms with Crippen LogP contribution in [0.1, 0.15) is 0 Å². The van der Waals surface area contributed by atoms with Crippen LogP contribution in [0, 0.1) is 5.82 Å². The van der Waals surface area contributed by atoms with Crippen LogP contribution in [0.4, 0.5) is 21.8 Å². The lowest BCUT2D eigenvalue weighted by atomic mass is 10.3. The number of H-pyrrole nitrogens is 1. The number of nitrogens with zero attached hydrogens (tertiary/aromatic N) is 3. The number of aromatic nitrogens is 4. The fourth-order valence-corrected chi connectivity index (χ4v) is 1.93. The fraction of sp³-hybridized carbons (Fsp3) is 0.0833. The maximum atomic E-state index is 13.1. The number of hydrogen-bond donors (Lipinski definition) is 3. The molecule has 6 nitrogen and oxygen atoms in total. The normalized spacial score (nSPS) is 10.8. The van der Waals surface area contributed by atoms with E-state index in [4.69, 9.17) is 11.6 Å². The first kappa shape index (κ1) is 12.6. The lowest BCUT2D eigenvalue weighted by Gasteiger charge is -2.08. The number of hydrogen-bond acceptors (Lipinski definition) is 5. The summed E-state index contributed by atoms with van der Waals surface area (Å²) in [6.45, 7) is 0. The summed E-state index contributed by atoms with van der Waals surface area (Å²) < 4.78 is 13.1. The van der Waals surface area contributed by atoms with Crippen LogP contribution < -0.4 is 10.6 Å². The Balaban J connectivity index is 2.04. The minimum atomic E-state index is -0.468. The molecule has 0 spiro atoms. The van der Waals surface area contributed by atoms with Crippen LogP contribution in [0.25, 0.3) is 11.0 Å². The zero-order valence-corrected chi connectivity index (χ0v) is 11.2. The molecule has 3 aromatic rings. The smallest absolute Gasteiger partial charge is 0.226 e. The molecule has 0 amide bonds. The van der Waals surface area contributed by atoms with Gasteiger partial charge in [-0.2, -0.15) is 15.1 Å². The third-order valence-electron chi connectivity index (χ3n) is 2.72. The number of benzene rings is 1. The van der Waals surface area contributed by atoms with E-state index in [0.29, 0.717) is 23.1 Å². The molecular weight excluding hydrogens is 283 g/mol. The second kappa shape index (κ2) is 4.93. The molecule has 0 atom stereocenters. The Kier molecular flexibility index (Phi) is 3.11. The minimum Gasteiger partial charge on any atom is -0.357 e. The molecule has 0 saturated heterocycles. The lowest BCUT2D eigenvalue weighted by Crippen LogP contribution is -2.01. The van der Waals surface area contributed by atoms with E-state index in [-0.39, 0.29) is 5.02 Å². The van der Waals surface area contributed by atoms with Gasteiger partial charge in [0.15, 0.2) is 5.65 Å². The van der Waals surface area contributed by atoms with E-state index in [0.717, 1.165) is 5.39 Å². The summed E-state index contributed by atoms with van der Waals surface area (Å²) in [6.07, 6.45) is 1.61. The summed E-state index contributed by atoms with van der Waals surface area (Å²) in [5.41, 5.74) is 1.22. The van der Waals surface area contributed by atoms with Crippen LogP contribution in [0.3, 0.4) is 0 Å². The number of nitrogens with one attached hydrogen (secondary N) is 3. The molecule has 102 valence electrons. The van der Waals surface area contributed by atoms with Crippen LogP contribution in [0.15, 0.2) is 24.4 Å². The van der Waals surface area contributed by atoms with Crippen molar-refractivity contribution in [3.8, 4) is 0 Å². The molecule has 0 bridgehead atoms. The minimum absolute atomic E-state index is 0.0429. The first-order chi connectivity index (χ1) is 9.67. The van der Waals surface area contributed by atoms with Crippen LogP contribution in [0.5, 0.6) is 0 Å². The van der Waals surface area contributed by atoms with Gasteiger partial charge in [-0.3, -0.25) is 5.10 Å². The maximum absolute atomic E-state index is 13.1. The summed E-state index contributed by atoms with van der Waals surface area (Å²) in [5.74, 6) is 0.525. The quantitative estimate of drug-likeness (QED) is 0.692. The average Bonchev–Trinajstić information content (AvgIpc) is 2.91. The molecule has 0 saturated carbocycles. The van der Waals surface area contributed by atoms with Crippen LogP contribution in [-0.4, -0.2) is 27.2 Å². The highest BCUT2D eigenvalue weighted by atomic mass is 35.5. The zero-order valence-electron chi connectivity index (χ0n) is 10.4. The van der Waals surface area contributed by atoms with Crippen molar-refractivity contribution in [2.24, 2.45) is 0 Å². The van der Waals surface area contributed by atoms with E-state index >= 15 is 0 Å². The molecule has 3 rings (SSSR count). The summed E-state index contributed by atoms with van der Waals surface area (Å²) >= 11 is 5.76. The van der Waals surface area contributed by atoms with Crippen molar-refractivity contribution in [1.82, 2.24) is 20.2 Å². The number of halogens is 2. The molecule has 1 aromatic carbocycles. The molecule has 0 aliphatic heterocycles. The Bertz CT molecular complexity index is 772. The van der Waals surface area contributed by atoms with Crippen LogP contribution in [-0.2, 0) is 0 Å². The molecule has 20 heavy (non-hydrogen) atoms. The van der Waals surface area contributed by atoms with Crippen LogP contribution in [0.2, 0.25) is 5.02 Å². The van der Waals surface area contributed by atoms with Crippen LogP contribution >= 0.6 is 11.6 Å². The van der Waals surface area contributed by atoms with E-state index in [1.165, 1.54) is 12.1 Å². The largest absolute Gasteiger partial charge is 0.357 e. The van der Waals surface area contributed by atoms with Gasteiger partial charge in [0.2, 0.25) is 5.95 Å². The third kappa shape index (κ3) is 2.23. The van der Waals surface area contributed by atoms with Crippen molar-refractivity contribution in [3.05, 3.63) is 35.2 Å². The number of fused-ring (bicyclic) bond motifs is 1. The molecule has 3 N–H and O–H groups in total. The molecule has 2 heterocycles. The highest BCUT2D eigenvalue weighted by molar-refractivity contribution is 6.31. The number of rotatable bonds is 3. The maximum Gasteiger partial charge on any atom is 0.226 e. The summed E-state index contributed by atoms with van der Waals surface area (Å²) in [7, 11) is 1.72. The van der Waals surface area contributed by atoms with Gasteiger partial charge in [-0.1, -0.05) is 11.6 Å². The van der Waals surface area contributed by atoms with Crippen molar-refractivity contribution >= 4 is 40.1 Å². The number of aromatic amines is 1.